The number of hydrogen-bond donors (Lipinski definition) is 2. The zero-order valence-electron chi connectivity index (χ0n) is 21.4. The molecule has 0 bridgehead atoms. The van der Waals surface area contributed by atoms with Crippen LogP contribution in [0.3, 0.4) is 0 Å². The summed E-state index contributed by atoms with van der Waals surface area (Å²) in [4.78, 5) is 0. The van der Waals surface area contributed by atoms with Crippen molar-refractivity contribution < 1.29 is 19.7 Å². The molecule has 0 spiro atoms. The summed E-state index contributed by atoms with van der Waals surface area (Å²) in [6.07, 6.45) is 0.428. The largest absolute Gasteiger partial charge is 0.493 e. The van der Waals surface area contributed by atoms with Gasteiger partial charge >= 0.3 is 0 Å². The van der Waals surface area contributed by atoms with E-state index in [9.17, 15) is 10.2 Å². The lowest BCUT2D eigenvalue weighted by Gasteiger charge is -2.34. The van der Waals surface area contributed by atoms with Crippen molar-refractivity contribution in [2.24, 2.45) is 0 Å². The molecule has 0 saturated carbocycles. The second-order valence-corrected chi connectivity index (χ2v) is 9.86. The third kappa shape index (κ3) is 4.87. The van der Waals surface area contributed by atoms with Crippen LogP contribution in [0.5, 0.6) is 11.5 Å². The number of rotatable bonds is 10. The molecule has 0 fully saturated rings. The lowest BCUT2D eigenvalue weighted by atomic mass is 9.68. The molecule has 4 heteroatoms. The fourth-order valence-corrected chi connectivity index (χ4v) is 5.32. The minimum Gasteiger partial charge on any atom is -0.493 e. The molecule has 0 aromatic heterocycles. The highest BCUT2D eigenvalue weighted by molar-refractivity contribution is 5.86. The Labute approximate surface area is 219 Å². The quantitative estimate of drug-likeness (QED) is 0.238. The van der Waals surface area contributed by atoms with Gasteiger partial charge in [0.05, 0.1) is 30.8 Å². The normalized spacial score (nSPS) is 14.9. The molecule has 1 aliphatic rings. The van der Waals surface area contributed by atoms with E-state index in [-0.39, 0.29) is 12.2 Å². The molecule has 2 atom stereocenters. The fourth-order valence-electron chi connectivity index (χ4n) is 5.32. The van der Waals surface area contributed by atoms with Gasteiger partial charge in [0.2, 0.25) is 0 Å². The number of aliphatic hydroxyl groups is 2. The SMILES string of the molecule is CC(O)CCOc1ccc(C2(c3ccc(OCCC(C)O)cc3)c3ccccc3-c3ccccc32)cc1. The summed E-state index contributed by atoms with van der Waals surface area (Å²) < 4.78 is 11.8. The molecular weight excluding hydrogens is 460 g/mol. The van der Waals surface area contributed by atoms with Crippen molar-refractivity contribution in [1.29, 1.82) is 0 Å². The number of aliphatic hydroxyl groups excluding tert-OH is 2. The van der Waals surface area contributed by atoms with Gasteiger partial charge in [0.15, 0.2) is 0 Å². The molecule has 0 aliphatic heterocycles. The molecule has 1 aliphatic carbocycles. The van der Waals surface area contributed by atoms with Gasteiger partial charge in [-0.05, 0) is 71.5 Å². The van der Waals surface area contributed by atoms with E-state index in [0.29, 0.717) is 26.1 Å². The van der Waals surface area contributed by atoms with E-state index in [0.717, 1.165) is 22.6 Å². The first kappa shape index (κ1) is 25.1. The van der Waals surface area contributed by atoms with Gasteiger partial charge in [-0.25, -0.2) is 0 Å². The van der Waals surface area contributed by atoms with E-state index in [1.54, 1.807) is 13.8 Å². The van der Waals surface area contributed by atoms with Crippen LogP contribution >= 0.6 is 0 Å². The van der Waals surface area contributed by atoms with Crippen LogP contribution in [-0.4, -0.2) is 35.6 Å². The van der Waals surface area contributed by atoms with E-state index in [4.69, 9.17) is 9.47 Å². The third-order valence-electron chi connectivity index (χ3n) is 7.14. The molecule has 190 valence electrons. The predicted octanol–water partition coefficient (Wildman–Crippen LogP) is 6.35. The van der Waals surface area contributed by atoms with Gasteiger partial charge in [-0.3, -0.25) is 0 Å². The Bertz CT molecular complexity index is 1220. The van der Waals surface area contributed by atoms with Gasteiger partial charge in [-0.1, -0.05) is 72.8 Å². The van der Waals surface area contributed by atoms with E-state index >= 15 is 0 Å². The molecule has 0 amide bonds. The van der Waals surface area contributed by atoms with Gasteiger partial charge in [-0.2, -0.15) is 0 Å². The molecule has 5 rings (SSSR count). The average Bonchev–Trinajstić information content (AvgIpc) is 3.20. The predicted molar refractivity (Wildman–Crippen MR) is 147 cm³/mol. The molecular formula is C33H34O4. The van der Waals surface area contributed by atoms with Crippen LogP contribution in [0.1, 0.15) is 48.9 Å². The highest BCUT2D eigenvalue weighted by Gasteiger charge is 2.45. The Morgan fingerprint density at radius 1 is 0.568 bits per heavy atom. The molecule has 0 heterocycles. The maximum atomic E-state index is 9.56. The first-order chi connectivity index (χ1) is 18.0. The topological polar surface area (TPSA) is 58.9 Å². The van der Waals surface area contributed by atoms with E-state index in [1.807, 2.05) is 24.3 Å². The monoisotopic (exact) mass is 494 g/mol. The standard InChI is InChI=1S/C33H34O4/c1-23(34)19-21-36-27-15-11-25(12-16-27)33(26-13-17-28(18-14-26)37-22-20-24(2)35)31-9-5-3-7-29(31)30-8-4-6-10-32(30)33/h3-18,23-24,34-35H,19-22H2,1-2H3. The van der Waals surface area contributed by atoms with E-state index in [2.05, 4.69) is 72.8 Å². The zero-order chi connectivity index (χ0) is 25.8. The first-order valence-corrected chi connectivity index (χ1v) is 13.0. The van der Waals surface area contributed by atoms with Crippen molar-refractivity contribution in [2.75, 3.05) is 13.2 Å². The molecule has 4 aromatic carbocycles. The Kier molecular flexibility index (Phi) is 7.31. The Hall–Kier alpha value is -3.60. The van der Waals surface area contributed by atoms with Crippen molar-refractivity contribution in [3.05, 3.63) is 119 Å². The second kappa shape index (κ2) is 10.8. The Morgan fingerprint density at radius 3 is 1.32 bits per heavy atom. The molecule has 2 unspecified atom stereocenters. The lowest BCUT2D eigenvalue weighted by molar-refractivity contribution is 0.155. The number of ether oxygens (including phenoxy) is 2. The number of fused-ring (bicyclic) bond motifs is 3. The highest BCUT2D eigenvalue weighted by atomic mass is 16.5. The van der Waals surface area contributed by atoms with Crippen LogP contribution in [0.2, 0.25) is 0 Å². The fraction of sp³-hybridized carbons (Fsp3) is 0.273. The maximum Gasteiger partial charge on any atom is 0.119 e. The van der Waals surface area contributed by atoms with Crippen LogP contribution in [0.4, 0.5) is 0 Å². The van der Waals surface area contributed by atoms with Gasteiger partial charge in [0.1, 0.15) is 11.5 Å². The lowest BCUT2D eigenvalue weighted by Crippen LogP contribution is -2.28. The summed E-state index contributed by atoms with van der Waals surface area (Å²) in [7, 11) is 0. The molecule has 0 saturated heterocycles. The zero-order valence-corrected chi connectivity index (χ0v) is 21.4. The Balaban J connectivity index is 1.59. The minimum absolute atomic E-state index is 0.381. The van der Waals surface area contributed by atoms with Gasteiger partial charge in [-0.15, -0.1) is 0 Å². The second-order valence-electron chi connectivity index (χ2n) is 9.86. The molecule has 0 radical (unpaired) electrons. The minimum atomic E-state index is -0.483. The summed E-state index contributed by atoms with van der Waals surface area (Å²) in [5.74, 6) is 1.59. The van der Waals surface area contributed by atoms with Crippen molar-refractivity contribution in [2.45, 2.75) is 44.3 Å². The van der Waals surface area contributed by atoms with Gasteiger partial charge < -0.3 is 19.7 Å². The van der Waals surface area contributed by atoms with Crippen LogP contribution in [0.25, 0.3) is 11.1 Å². The summed E-state index contributed by atoms with van der Waals surface area (Å²) in [6.45, 7) is 4.50. The summed E-state index contributed by atoms with van der Waals surface area (Å²) >= 11 is 0. The van der Waals surface area contributed by atoms with Crippen molar-refractivity contribution in [3.63, 3.8) is 0 Å². The highest BCUT2D eigenvalue weighted by Crippen LogP contribution is 2.56. The molecule has 4 nitrogen and oxygen atoms in total. The van der Waals surface area contributed by atoms with Crippen LogP contribution in [0.15, 0.2) is 97.1 Å². The van der Waals surface area contributed by atoms with Crippen molar-refractivity contribution in [1.82, 2.24) is 0 Å². The van der Waals surface area contributed by atoms with Crippen molar-refractivity contribution in [3.8, 4) is 22.6 Å². The number of benzene rings is 4. The van der Waals surface area contributed by atoms with Gasteiger partial charge in [0, 0.05) is 12.8 Å². The van der Waals surface area contributed by atoms with Crippen molar-refractivity contribution >= 4 is 0 Å². The van der Waals surface area contributed by atoms with Crippen LogP contribution in [0, 0.1) is 0 Å². The van der Waals surface area contributed by atoms with E-state index in [1.165, 1.54) is 22.3 Å². The molecule has 2 N–H and O–H groups in total. The summed E-state index contributed by atoms with van der Waals surface area (Å²) in [5, 5.41) is 19.1. The van der Waals surface area contributed by atoms with Gasteiger partial charge in [0.25, 0.3) is 0 Å². The maximum absolute atomic E-state index is 9.56. The van der Waals surface area contributed by atoms with E-state index < -0.39 is 5.41 Å². The summed E-state index contributed by atoms with van der Waals surface area (Å²) in [6, 6.07) is 34.0. The van der Waals surface area contributed by atoms with Crippen LogP contribution in [-0.2, 0) is 5.41 Å². The average molecular weight is 495 g/mol. The smallest absolute Gasteiger partial charge is 0.119 e. The first-order valence-electron chi connectivity index (χ1n) is 13.0. The summed E-state index contributed by atoms with van der Waals surface area (Å²) in [5.41, 5.74) is 6.83. The Morgan fingerprint density at radius 2 is 0.946 bits per heavy atom. The third-order valence-corrected chi connectivity index (χ3v) is 7.14. The molecule has 37 heavy (non-hydrogen) atoms. The van der Waals surface area contributed by atoms with Crippen LogP contribution < -0.4 is 9.47 Å². The molecule has 4 aromatic rings. The number of hydrogen-bond acceptors (Lipinski definition) is 4.